The Morgan fingerprint density at radius 2 is 1.78 bits per heavy atom. The van der Waals surface area contributed by atoms with E-state index >= 15 is 0 Å². The molecule has 12 heteroatoms. The second-order valence-corrected chi connectivity index (χ2v) is 10.6. The number of nitro benzene ring substituents is 1. The standard InChI is InChI=1S/C25H21N5O5S2/c1-37(33,34)28-17-7-11-18(12-8-17)29-24(23(27-25(29)36)20-4-2-3-15-26-20)22-14-13-21(35-22)16-5-9-19(10-6-16)30(31)32/h2-15,23-24,28H,1H3,(H,27,36). The Bertz CT molecular complexity index is 1560. The largest absolute Gasteiger partial charge is 0.459 e. The fourth-order valence-electron chi connectivity index (χ4n) is 4.24. The highest BCUT2D eigenvalue weighted by Crippen LogP contribution is 2.43. The highest BCUT2D eigenvalue weighted by molar-refractivity contribution is 7.92. The zero-order valence-electron chi connectivity index (χ0n) is 19.4. The van der Waals surface area contributed by atoms with Gasteiger partial charge in [0, 0.05) is 35.3 Å². The summed E-state index contributed by atoms with van der Waals surface area (Å²) in [6.07, 6.45) is 2.79. The third-order valence-corrected chi connectivity index (χ3v) is 6.75. The van der Waals surface area contributed by atoms with E-state index in [4.69, 9.17) is 16.6 Å². The molecule has 37 heavy (non-hydrogen) atoms. The first-order valence-corrected chi connectivity index (χ1v) is 13.4. The monoisotopic (exact) mass is 535 g/mol. The summed E-state index contributed by atoms with van der Waals surface area (Å²) < 4.78 is 31.9. The zero-order valence-corrected chi connectivity index (χ0v) is 21.1. The van der Waals surface area contributed by atoms with Crippen LogP contribution in [0, 0.1) is 10.1 Å². The Morgan fingerprint density at radius 1 is 1.05 bits per heavy atom. The highest BCUT2D eigenvalue weighted by atomic mass is 32.2. The van der Waals surface area contributed by atoms with Gasteiger partial charge in [0.15, 0.2) is 5.11 Å². The lowest BCUT2D eigenvalue weighted by atomic mass is 10.0. The van der Waals surface area contributed by atoms with Crippen LogP contribution < -0.4 is 14.9 Å². The first kappa shape index (κ1) is 24.4. The summed E-state index contributed by atoms with van der Waals surface area (Å²) in [5.74, 6) is 1.16. The van der Waals surface area contributed by atoms with Gasteiger partial charge in [0.1, 0.15) is 17.6 Å². The summed E-state index contributed by atoms with van der Waals surface area (Å²) in [7, 11) is -3.41. The summed E-state index contributed by atoms with van der Waals surface area (Å²) in [5.41, 5.74) is 2.62. The fraction of sp³-hybridized carbons (Fsp3) is 0.120. The van der Waals surface area contributed by atoms with Gasteiger partial charge in [-0.3, -0.25) is 19.8 Å². The molecule has 2 aromatic carbocycles. The molecule has 1 aliphatic heterocycles. The van der Waals surface area contributed by atoms with E-state index in [1.54, 1.807) is 42.6 Å². The number of thiocarbonyl (C=S) groups is 1. The predicted molar refractivity (Wildman–Crippen MR) is 144 cm³/mol. The van der Waals surface area contributed by atoms with Gasteiger partial charge in [0.25, 0.3) is 5.69 Å². The number of sulfonamides is 1. The second-order valence-electron chi connectivity index (χ2n) is 8.42. The summed E-state index contributed by atoms with van der Waals surface area (Å²) >= 11 is 5.71. The molecule has 2 unspecified atom stereocenters. The summed E-state index contributed by atoms with van der Waals surface area (Å²) in [5, 5.41) is 14.8. The van der Waals surface area contributed by atoms with Crippen molar-refractivity contribution in [1.29, 1.82) is 0 Å². The number of nitrogens with one attached hydrogen (secondary N) is 2. The molecule has 1 saturated heterocycles. The molecule has 0 saturated carbocycles. The van der Waals surface area contributed by atoms with Crippen LogP contribution in [-0.2, 0) is 10.0 Å². The van der Waals surface area contributed by atoms with Crippen molar-refractivity contribution < 1.29 is 17.8 Å². The maximum atomic E-state index is 11.6. The molecule has 5 rings (SSSR count). The van der Waals surface area contributed by atoms with Gasteiger partial charge in [0.05, 0.1) is 22.9 Å². The fourth-order valence-corrected chi connectivity index (χ4v) is 5.15. The van der Waals surface area contributed by atoms with Gasteiger partial charge < -0.3 is 14.6 Å². The van der Waals surface area contributed by atoms with Gasteiger partial charge >= 0.3 is 0 Å². The molecular formula is C25H21N5O5S2. The van der Waals surface area contributed by atoms with Crippen LogP contribution in [0.15, 0.2) is 89.5 Å². The quantitative estimate of drug-likeness (QED) is 0.195. The first-order chi connectivity index (χ1) is 17.7. The maximum Gasteiger partial charge on any atom is 0.269 e. The first-order valence-electron chi connectivity index (χ1n) is 11.1. The molecule has 0 spiro atoms. The number of nitro groups is 1. The third kappa shape index (κ3) is 5.15. The van der Waals surface area contributed by atoms with E-state index in [2.05, 4.69) is 15.0 Å². The third-order valence-electron chi connectivity index (χ3n) is 5.83. The Labute approximate surface area is 218 Å². The minimum absolute atomic E-state index is 0.00364. The lowest BCUT2D eigenvalue weighted by Gasteiger charge is -2.26. The molecule has 2 atom stereocenters. The highest BCUT2D eigenvalue weighted by Gasteiger charge is 2.42. The average Bonchev–Trinajstić information content (AvgIpc) is 3.49. The van der Waals surface area contributed by atoms with Crippen LogP contribution in [0.5, 0.6) is 0 Å². The Balaban J connectivity index is 1.53. The molecule has 0 amide bonds. The van der Waals surface area contributed by atoms with Crippen LogP contribution >= 0.6 is 12.2 Å². The van der Waals surface area contributed by atoms with Crippen molar-refractivity contribution in [2.24, 2.45) is 0 Å². The van der Waals surface area contributed by atoms with Gasteiger partial charge in [-0.1, -0.05) is 6.07 Å². The van der Waals surface area contributed by atoms with Crippen LogP contribution in [0.3, 0.4) is 0 Å². The number of furan rings is 1. The van der Waals surface area contributed by atoms with Crippen molar-refractivity contribution in [3.63, 3.8) is 0 Å². The van der Waals surface area contributed by atoms with Crippen molar-refractivity contribution >= 4 is 44.4 Å². The second kappa shape index (κ2) is 9.64. The van der Waals surface area contributed by atoms with Crippen LogP contribution in [-0.4, -0.2) is 29.7 Å². The van der Waals surface area contributed by atoms with E-state index in [1.807, 2.05) is 35.2 Å². The number of non-ortho nitro benzene ring substituents is 1. The number of nitrogens with zero attached hydrogens (tertiary/aromatic N) is 3. The van der Waals surface area contributed by atoms with Gasteiger partial charge in [-0.15, -0.1) is 0 Å². The number of aromatic nitrogens is 1. The molecule has 1 fully saturated rings. The number of anilines is 2. The molecule has 188 valence electrons. The normalized spacial score (nSPS) is 17.4. The van der Waals surface area contributed by atoms with Crippen LogP contribution in [0.4, 0.5) is 17.1 Å². The minimum Gasteiger partial charge on any atom is -0.459 e. The van der Waals surface area contributed by atoms with Gasteiger partial charge in [0.2, 0.25) is 10.0 Å². The Morgan fingerprint density at radius 3 is 2.41 bits per heavy atom. The van der Waals surface area contributed by atoms with Crippen molar-refractivity contribution in [1.82, 2.24) is 10.3 Å². The van der Waals surface area contributed by atoms with Crippen LogP contribution in [0.2, 0.25) is 0 Å². The van der Waals surface area contributed by atoms with Gasteiger partial charge in [-0.05, 0) is 72.9 Å². The topological polar surface area (TPSA) is 131 Å². The number of hydrogen-bond acceptors (Lipinski definition) is 7. The molecule has 3 heterocycles. The lowest BCUT2D eigenvalue weighted by Crippen LogP contribution is -2.29. The summed E-state index contributed by atoms with van der Waals surface area (Å²) in [4.78, 5) is 17.0. The van der Waals surface area contributed by atoms with Crippen molar-refractivity contribution in [3.8, 4) is 11.3 Å². The number of pyridine rings is 1. The summed E-state index contributed by atoms with van der Waals surface area (Å²) in [6.45, 7) is 0. The SMILES string of the molecule is CS(=O)(=O)Nc1ccc(N2C(=S)NC(c3ccccn3)C2c2ccc(-c3ccc([N+](=O)[O-])cc3)o2)cc1. The van der Waals surface area contributed by atoms with E-state index < -0.39 is 21.0 Å². The Kier molecular flexibility index (Phi) is 6.36. The Hall–Kier alpha value is -4.29. The molecule has 2 N–H and O–H groups in total. The summed E-state index contributed by atoms with van der Waals surface area (Å²) in [6, 6.07) is 21.5. The van der Waals surface area contributed by atoms with Crippen LogP contribution in [0.1, 0.15) is 23.5 Å². The lowest BCUT2D eigenvalue weighted by molar-refractivity contribution is -0.384. The smallest absolute Gasteiger partial charge is 0.269 e. The van der Waals surface area contributed by atoms with E-state index in [9.17, 15) is 18.5 Å². The van der Waals surface area contributed by atoms with Gasteiger partial charge in [-0.2, -0.15) is 0 Å². The predicted octanol–water partition coefficient (Wildman–Crippen LogP) is 4.80. The number of rotatable bonds is 7. The molecule has 0 aliphatic carbocycles. The molecule has 4 aromatic rings. The molecular weight excluding hydrogens is 514 g/mol. The van der Waals surface area contributed by atoms with Crippen molar-refractivity contribution in [2.75, 3.05) is 15.9 Å². The van der Waals surface area contributed by atoms with Crippen molar-refractivity contribution in [3.05, 3.63) is 107 Å². The van der Waals surface area contributed by atoms with E-state index in [0.717, 1.165) is 17.6 Å². The van der Waals surface area contributed by atoms with Crippen LogP contribution in [0.25, 0.3) is 11.3 Å². The molecule has 0 bridgehead atoms. The molecule has 1 aliphatic rings. The van der Waals surface area contributed by atoms with E-state index in [-0.39, 0.29) is 11.7 Å². The molecule has 0 radical (unpaired) electrons. The van der Waals surface area contributed by atoms with E-state index in [1.165, 1.54) is 12.1 Å². The molecule has 2 aromatic heterocycles. The maximum absolute atomic E-state index is 11.6. The zero-order chi connectivity index (χ0) is 26.2. The number of hydrogen-bond donors (Lipinski definition) is 2. The minimum atomic E-state index is -3.41. The number of benzene rings is 2. The van der Waals surface area contributed by atoms with Gasteiger partial charge in [-0.25, -0.2) is 8.42 Å². The average molecular weight is 536 g/mol. The van der Waals surface area contributed by atoms with E-state index in [0.29, 0.717) is 27.9 Å². The molecule has 10 nitrogen and oxygen atoms in total. The van der Waals surface area contributed by atoms with Crippen molar-refractivity contribution in [2.45, 2.75) is 12.1 Å².